The second-order valence-corrected chi connectivity index (χ2v) is 5.16. The number of aliphatic hydroxyl groups is 1. The number of ether oxygens (including phenoxy) is 1. The van der Waals surface area contributed by atoms with Gasteiger partial charge in [-0.3, -0.25) is 4.79 Å². The average molecular weight is 278 g/mol. The lowest BCUT2D eigenvalue weighted by Crippen LogP contribution is -2.36. The van der Waals surface area contributed by atoms with Crippen LogP contribution in [0.3, 0.4) is 0 Å². The van der Waals surface area contributed by atoms with Crippen LogP contribution in [0.25, 0.3) is 0 Å². The van der Waals surface area contributed by atoms with E-state index in [1.54, 1.807) is 7.05 Å². The predicted molar refractivity (Wildman–Crippen MR) is 78.1 cm³/mol. The summed E-state index contributed by atoms with van der Waals surface area (Å²) >= 11 is 0. The Morgan fingerprint density at radius 1 is 1.55 bits per heavy atom. The predicted octanol–water partition coefficient (Wildman–Crippen LogP) is 1.12. The molecule has 1 aromatic rings. The van der Waals surface area contributed by atoms with Crippen LogP contribution in [-0.2, 0) is 11.2 Å². The third-order valence-electron chi connectivity index (χ3n) is 3.50. The van der Waals surface area contributed by atoms with Gasteiger partial charge in [-0.2, -0.15) is 0 Å². The number of likely N-dealkylation sites (N-methyl/N-ethyl adjacent to an activating group) is 1. The number of fused-ring (bicyclic) bond motifs is 1. The summed E-state index contributed by atoms with van der Waals surface area (Å²) in [6.45, 7) is 1.38. The highest BCUT2D eigenvalue weighted by molar-refractivity contribution is 6.00. The van der Waals surface area contributed by atoms with Crippen molar-refractivity contribution in [2.75, 3.05) is 39.2 Å². The molecular weight excluding hydrogens is 256 g/mol. The van der Waals surface area contributed by atoms with Crippen molar-refractivity contribution in [1.29, 1.82) is 0 Å². The summed E-state index contributed by atoms with van der Waals surface area (Å²) in [6.07, 6.45) is 1.42. The van der Waals surface area contributed by atoms with Crippen molar-refractivity contribution < 1.29 is 14.6 Å². The van der Waals surface area contributed by atoms with Crippen LogP contribution >= 0.6 is 0 Å². The van der Waals surface area contributed by atoms with Crippen LogP contribution < -0.4 is 5.32 Å². The van der Waals surface area contributed by atoms with Crippen LogP contribution in [0.2, 0.25) is 0 Å². The number of aliphatic hydroxyl groups excluding tert-OH is 1. The summed E-state index contributed by atoms with van der Waals surface area (Å²) in [6, 6.07) is 5.80. The number of aryl methyl sites for hydroxylation is 1. The molecule has 0 fully saturated rings. The number of methoxy groups -OCH3 is 1. The SMILES string of the molecule is COCC(O)CN(C)C(=O)c1cccc2c1NCCC2. The largest absolute Gasteiger partial charge is 0.389 e. The Morgan fingerprint density at radius 3 is 3.10 bits per heavy atom. The molecule has 1 heterocycles. The first kappa shape index (κ1) is 14.8. The number of amides is 1. The molecule has 0 radical (unpaired) electrons. The van der Waals surface area contributed by atoms with Gasteiger partial charge in [0.15, 0.2) is 0 Å². The fourth-order valence-electron chi connectivity index (χ4n) is 2.54. The van der Waals surface area contributed by atoms with Gasteiger partial charge in [-0.05, 0) is 24.5 Å². The number of carbonyl (C=O) groups is 1. The van der Waals surface area contributed by atoms with Crippen molar-refractivity contribution >= 4 is 11.6 Å². The number of hydrogen-bond donors (Lipinski definition) is 2. The van der Waals surface area contributed by atoms with Gasteiger partial charge >= 0.3 is 0 Å². The van der Waals surface area contributed by atoms with Gasteiger partial charge in [-0.25, -0.2) is 0 Å². The molecule has 0 saturated heterocycles. The fraction of sp³-hybridized carbons (Fsp3) is 0.533. The molecule has 0 spiro atoms. The van der Waals surface area contributed by atoms with Crippen LogP contribution in [0, 0.1) is 0 Å². The highest BCUT2D eigenvalue weighted by atomic mass is 16.5. The topological polar surface area (TPSA) is 61.8 Å². The first-order chi connectivity index (χ1) is 9.63. The number of carbonyl (C=O) groups excluding carboxylic acids is 1. The number of rotatable bonds is 5. The number of para-hydroxylation sites is 1. The van der Waals surface area contributed by atoms with Crippen LogP contribution in [0.4, 0.5) is 5.69 Å². The molecule has 1 unspecified atom stereocenters. The molecular formula is C15H22N2O3. The molecule has 1 aliphatic heterocycles. The van der Waals surface area contributed by atoms with Gasteiger partial charge in [0.05, 0.1) is 24.0 Å². The van der Waals surface area contributed by atoms with E-state index < -0.39 is 6.10 Å². The maximum Gasteiger partial charge on any atom is 0.255 e. The molecule has 20 heavy (non-hydrogen) atoms. The van der Waals surface area contributed by atoms with E-state index in [2.05, 4.69) is 11.4 Å². The molecule has 0 bridgehead atoms. The summed E-state index contributed by atoms with van der Waals surface area (Å²) in [7, 11) is 3.23. The van der Waals surface area contributed by atoms with Crippen LogP contribution in [0.15, 0.2) is 18.2 Å². The summed E-state index contributed by atoms with van der Waals surface area (Å²) in [5.74, 6) is -0.0774. The van der Waals surface area contributed by atoms with Crippen molar-refractivity contribution in [3.8, 4) is 0 Å². The highest BCUT2D eigenvalue weighted by Gasteiger charge is 2.21. The van der Waals surface area contributed by atoms with E-state index in [9.17, 15) is 9.90 Å². The molecule has 5 heteroatoms. The van der Waals surface area contributed by atoms with Crippen molar-refractivity contribution in [1.82, 2.24) is 4.90 Å². The minimum absolute atomic E-state index is 0.0774. The Morgan fingerprint density at radius 2 is 2.35 bits per heavy atom. The molecule has 1 aliphatic rings. The van der Waals surface area contributed by atoms with Crippen LogP contribution in [-0.4, -0.2) is 55.9 Å². The molecule has 1 atom stereocenters. The summed E-state index contributed by atoms with van der Waals surface area (Å²) in [5.41, 5.74) is 2.80. The minimum atomic E-state index is -0.665. The molecule has 5 nitrogen and oxygen atoms in total. The number of nitrogens with one attached hydrogen (secondary N) is 1. The average Bonchev–Trinajstić information content (AvgIpc) is 2.46. The number of benzene rings is 1. The van der Waals surface area contributed by atoms with E-state index in [1.807, 2.05) is 12.1 Å². The zero-order valence-corrected chi connectivity index (χ0v) is 12.1. The molecule has 2 rings (SSSR count). The van der Waals surface area contributed by atoms with E-state index in [4.69, 9.17) is 4.74 Å². The first-order valence-electron chi connectivity index (χ1n) is 6.91. The van der Waals surface area contributed by atoms with Crippen LogP contribution in [0.5, 0.6) is 0 Å². The lowest BCUT2D eigenvalue weighted by Gasteiger charge is -2.25. The van der Waals surface area contributed by atoms with Gasteiger partial charge in [-0.15, -0.1) is 0 Å². The quantitative estimate of drug-likeness (QED) is 0.847. The standard InChI is InChI=1S/C15H22N2O3/c1-17(9-12(18)10-20-2)15(19)13-7-3-5-11-6-4-8-16-14(11)13/h3,5,7,12,16,18H,4,6,8-10H2,1-2H3. The summed E-state index contributed by atoms with van der Waals surface area (Å²) in [5, 5.41) is 13.0. The van der Waals surface area contributed by atoms with E-state index in [-0.39, 0.29) is 19.1 Å². The van der Waals surface area contributed by atoms with Gasteiger partial charge in [0.1, 0.15) is 0 Å². The Bertz CT molecular complexity index is 476. The zero-order chi connectivity index (χ0) is 14.5. The van der Waals surface area contributed by atoms with Gasteiger partial charge in [-0.1, -0.05) is 12.1 Å². The number of hydrogen-bond acceptors (Lipinski definition) is 4. The van der Waals surface area contributed by atoms with Crippen molar-refractivity contribution in [3.63, 3.8) is 0 Å². The minimum Gasteiger partial charge on any atom is -0.389 e. The van der Waals surface area contributed by atoms with E-state index in [0.717, 1.165) is 25.1 Å². The third-order valence-corrected chi connectivity index (χ3v) is 3.50. The monoisotopic (exact) mass is 278 g/mol. The Labute approximate surface area is 119 Å². The molecule has 110 valence electrons. The maximum absolute atomic E-state index is 12.5. The lowest BCUT2D eigenvalue weighted by molar-refractivity contribution is 0.0380. The van der Waals surface area contributed by atoms with E-state index in [1.165, 1.54) is 17.6 Å². The van der Waals surface area contributed by atoms with Crippen molar-refractivity contribution in [3.05, 3.63) is 29.3 Å². The molecule has 0 aromatic heterocycles. The molecule has 0 saturated carbocycles. The second-order valence-electron chi connectivity index (χ2n) is 5.16. The van der Waals surface area contributed by atoms with Crippen LogP contribution in [0.1, 0.15) is 22.3 Å². The van der Waals surface area contributed by atoms with Gasteiger partial charge < -0.3 is 20.1 Å². The lowest BCUT2D eigenvalue weighted by atomic mass is 9.99. The molecule has 1 amide bonds. The third kappa shape index (κ3) is 3.29. The number of nitrogens with zero attached hydrogens (tertiary/aromatic N) is 1. The fourth-order valence-corrected chi connectivity index (χ4v) is 2.54. The van der Waals surface area contributed by atoms with Gasteiger partial charge in [0.25, 0.3) is 5.91 Å². The number of anilines is 1. The first-order valence-corrected chi connectivity index (χ1v) is 6.91. The maximum atomic E-state index is 12.5. The summed E-state index contributed by atoms with van der Waals surface area (Å²) in [4.78, 5) is 14.0. The van der Waals surface area contributed by atoms with Crippen molar-refractivity contribution in [2.45, 2.75) is 18.9 Å². The molecule has 2 N–H and O–H groups in total. The Balaban J connectivity index is 2.12. The Kier molecular flexibility index (Phi) is 4.98. The second kappa shape index (κ2) is 6.72. The van der Waals surface area contributed by atoms with E-state index >= 15 is 0 Å². The molecule has 1 aromatic carbocycles. The Hall–Kier alpha value is -1.59. The van der Waals surface area contributed by atoms with Crippen molar-refractivity contribution in [2.24, 2.45) is 0 Å². The normalized spacial score (nSPS) is 15.2. The smallest absolute Gasteiger partial charge is 0.255 e. The zero-order valence-electron chi connectivity index (χ0n) is 12.1. The van der Waals surface area contributed by atoms with Gasteiger partial charge in [0.2, 0.25) is 0 Å². The van der Waals surface area contributed by atoms with E-state index in [0.29, 0.717) is 5.56 Å². The van der Waals surface area contributed by atoms with Gasteiger partial charge in [0, 0.05) is 27.2 Å². The molecule has 0 aliphatic carbocycles. The highest BCUT2D eigenvalue weighted by Crippen LogP contribution is 2.26. The summed E-state index contributed by atoms with van der Waals surface area (Å²) < 4.78 is 4.88.